The second kappa shape index (κ2) is 6.15. The number of methoxy groups -OCH3 is 1. The van der Waals surface area contributed by atoms with Crippen molar-refractivity contribution in [3.8, 4) is 28.3 Å². The van der Waals surface area contributed by atoms with Crippen molar-refractivity contribution in [2.45, 2.75) is 13.3 Å². The fourth-order valence-corrected chi connectivity index (χ4v) is 3.19. The highest BCUT2D eigenvalue weighted by molar-refractivity contribution is 6.26. The first kappa shape index (κ1) is 16.1. The van der Waals surface area contributed by atoms with Crippen molar-refractivity contribution >= 4 is 17.4 Å². The van der Waals surface area contributed by atoms with Gasteiger partial charge in [-0.15, -0.1) is 0 Å². The highest BCUT2D eigenvalue weighted by atomic mass is 16.5. The number of H-pyrrole nitrogens is 1. The lowest BCUT2D eigenvalue weighted by atomic mass is 10.0. The first-order chi connectivity index (χ1) is 12.6. The molecule has 0 radical (unpaired) electrons. The Kier molecular flexibility index (Phi) is 3.80. The van der Waals surface area contributed by atoms with Crippen molar-refractivity contribution < 1.29 is 14.3 Å². The number of nitrogens with one attached hydrogen (secondary N) is 2. The predicted molar refractivity (Wildman–Crippen MR) is 98.4 cm³/mol. The number of hydrogen-bond donors (Lipinski definition) is 2. The zero-order chi connectivity index (χ0) is 18.3. The van der Waals surface area contributed by atoms with Gasteiger partial charge in [0, 0.05) is 17.5 Å². The quantitative estimate of drug-likeness (QED) is 0.590. The van der Waals surface area contributed by atoms with Crippen LogP contribution in [0.4, 0.5) is 5.69 Å². The summed E-state index contributed by atoms with van der Waals surface area (Å²) in [5.41, 5.74) is 4.41. The summed E-state index contributed by atoms with van der Waals surface area (Å²) in [7, 11) is 1.61. The Hall–Kier alpha value is -3.41. The summed E-state index contributed by atoms with van der Waals surface area (Å²) >= 11 is 0. The van der Waals surface area contributed by atoms with Crippen molar-refractivity contribution in [3.05, 3.63) is 53.6 Å². The van der Waals surface area contributed by atoms with Crippen molar-refractivity contribution in [2.75, 3.05) is 12.4 Å². The normalized spacial score (nSPS) is 11.8. The van der Waals surface area contributed by atoms with Gasteiger partial charge in [-0.05, 0) is 30.3 Å². The maximum atomic E-state index is 13.1. The average molecular weight is 347 g/mol. The Morgan fingerprint density at radius 3 is 2.62 bits per heavy atom. The zero-order valence-corrected chi connectivity index (χ0v) is 14.4. The Bertz CT molecular complexity index is 1020. The lowest BCUT2D eigenvalue weighted by molar-refractivity contribution is -0.115. The largest absolute Gasteiger partial charge is 0.497 e. The van der Waals surface area contributed by atoms with Crippen LogP contribution in [0.25, 0.3) is 22.5 Å². The molecular formula is C20H17N3O3. The first-order valence-corrected chi connectivity index (χ1v) is 8.34. The van der Waals surface area contributed by atoms with Crippen LogP contribution in [0.5, 0.6) is 5.75 Å². The van der Waals surface area contributed by atoms with E-state index in [0.717, 1.165) is 16.9 Å². The Morgan fingerprint density at radius 1 is 1.15 bits per heavy atom. The van der Waals surface area contributed by atoms with Crippen molar-refractivity contribution in [1.82, 2.24) is 10.2 Å². The zero-order valence-electron chi connectivity index (χ0n) is 14.4. The number of ketones is 1. The topological polar surface area (TPSA) is 84.1 Å². The molecule has 0 fully saturated rings. The summed E-state index contributed by atoms with van der Waals surface area (Å²) in [4.78, 5) is 24.9. The second-order valence-electron chi connectivity index (χ2n) is 6.01. The third-order valence-corrected chi connectivity index (χ3v) is 4.51. The molecule has 0 atom stereocenters. The minimum Gasteiger partial charge on any atom is -0.497 e. The number of nitrogens with zero attached hydrogens (tertiary/aromatic N) is 1. The van der Waals surface area contributed by atoms with Crippen LogP contribution in [0.15, 0.2) is 42.5 Å². The predicted octanol–water partition coefficient (Wildman–Crippen LogP) is 3.65. The Morgan fingerprint density at radius 2 is 1.92 bits per heavy atom. The van der Waals surface area contributed by atoms with Crippen LogP contribution in [0.2, 0.25) is 0 Å². The van der Waals surface area contributed by atoms with E-state index in [9.17, 15) is 9.59 Å². The minimum absolute atomic E-state index is 0.132. The fourth-order valence-electron chi connectivity index (χ4n) is 3.19. The van der Waals surface area contributed by atoms with Crippen LogP contribution in [0.1, 0.15) is 29.3 Å². The van der Waals surface area contributed by atoms with E-state index in [1.165, 1.54) is 0 Å². The van der Waals surface area contributed by atoms with Gasteiger partial charge >= 0.3 is 0 Å². The number of amides is 1. The number of benzene rings is 2. The molecule has 6 nitrogen and oxygen atoms in total. The molecule has 2 aromatic carbocycles. The number of aromatic amines is 1. The van der Waals surface area contributed by atoms with Crippen LogP contribution >= 0.6 is 0 Å². The smallest absolute Gasteiger partial charge is 0.224 e. The van der Waals surface area contributed by atoms with E-state index < -0.39 is 0 Å². The fraction of sp³-hybridized carbons (Fsp3) is 0.150. The molecular weight excluding hydrogens is 330 g/mol. The Labute approximate surface area is 150 Å². The molecule has 6 heteroatoms. The number of carbonyl (C=O) groups excluding carboxylic acids is 2. The monoisotopic (exact) mass is 347 g/mol. The minimum atomic E-state index is -0.137. The number of rotatable bonds is 4. The summed E-state index contributed by atoms with van der Waals surface area (Å²) in [5, 5.41) is 10.1. The molecule has 0 saturated heterocycles. The Balaban J connectivity index is 1.80. The van der Waals surface area contributed by atoms with Gasteiger partial charge in [-0.2, -0.15) is 5.10 Å². The highest BCUT2D eigenvalue weighted by Gasteiger charge is 2.35. The van der Waals surface area contributed by atoms with Crippen molar-refractivity contribution in [1.29, 1.82) is 0 Å². The van der Waals surface area contributed by atoms with E-state index in [2.05, 4.69) is 15.5 Å². The third-order valence-electron chi connectivity index (χ3n) is 4.51. The highest BCUT2D eigenvalue weighted by Crippen LogP contribution is 2.43. The summed E-state index contributed by atoms with van der Waals surface area (Å²) in [6.07, 6.45) is 0.347. The van der Waals surface area contributed by atoms with Gasteiger partial charge < -0.3 is 10.1 Å². The maximum absolute atomic E-state index is 13.1. The molecule has 3 aromatic rings. The summed E-state index contributed by atoms with van der Waals surface area (Å²) in [6, 6.07) is 12.8. The molecule has 1 amide bonds. The lowest BCUT2D eigenvalue weighted by Gasteiger charge is -2.09. The maximum Gasteiger partial charge on any atom is 0.224 e. The second-order valence-corrected chi connectivity index (χ2v) is 6.01. The number of fused-ring (bicyclic) bond motifs is 3. The molecule has 0 spiro atoms. The number of aromatic nitrogens is 2. The molecule has 1 aliphatic carbocycles. The molecule has 0 saturated carbocycles. The van der Waals surface area contributed by atoms with Crippen LogP contribution in [0.3, 0.4) is 0 Å². The molecule has 1 aliphatic rings. The number of ether oxygens (including phenoxy) is 1. The molecule has 1 heterocycles. The summed E-state index contributed by atoms with van der Waals surface area (Å²) in [5.74, 6) is 0.471. The SMILES string of the molecule is CCC(=O)Nc1cccc2c1C(=O)c1c-2n[nH]c1-c1ccc(OC)cc1. The van der Waals surface area contributed by atoms with Crippen LogP contribution < -0.4 is 10.1 Å². The average Bonchev–Trinajstić information content (AvgIpc) is 3.22. The number of carbonyl (C=O) groups is 2. The molecule has 26 heavy (non-hydrogen) atoms. The van der Waals surface area contributed by atoms with Gasteiger partial charge in [0.15, 0.2) is 5.78 Å². The molecule has 1 aromatic heterocycles. The van der Waals surface area contributed by atoms with Gasteiger partial charge in [0.05, 0.1) is 29.6 Å². The van der Waals surface area contributed by atoms with E-state index in [0.29, 0.717) is 34.6 Å². The van der Waals surface area contributed by atoms with E-state index in [4.69, 9.17) is 4.74 Å². The molecule has 130 valence electrons. The van der Waals surface area contributed by atoms with E-state index in [1.54, 1.807) is 20.1 Å². The summed E-state index contributed by atoms with van der Waals surface area (Å²) in [6.45, 7) is 1.77. The van der Waals surface area contributed by atoms with E-state index in [-0.39, 0.29) is 11.7 Å². The van der Waals surface area contributed by atoms with Crippen molar-refractivity contribution in [3.63, 3.8) is 0 Å². The van der Waals surface area contributed by atoms with Gasteiger partial charge in [-0.25, -0.2) is 0 Å². The first-order valence-electron chi connectivity index (χ1n) is 8.34. The van der Waals surface area contributed by atoms with E-state index >= 15 is 0 Å². The molecule has 0 unspecified atom stereocenters. The van der Waals surface area contributed by atoms with Crippen LogP contribution in [-0.2, 0) is 4.79 Å². The molecule has 0 aliphatic heterocycles. The third kappa shape index (κ3) is 2.38. The van der Waals surface area contributed by atoms with Crippen LogP contribution in [-0.4, -0.2) is 29.0 Å². The van der Waals surface area contributed by atoms with Gasteiger partial charge in [0.1, 0.15) is 11.4 Å². The van der Waals surface area contributed by atoms with Gasteiger partial charge in [-0.3, -0.25) is 14.7 Å². The van der Waals surface area contributed by atoms with Gasteiger partial charge in [-0.1, -0.05) is 19.1 Å². The lowest BCUT2D eigenvalue weighted by Crippen LogP contribution is -2.12. The number of hydrogen-bond acceptors (Lipinski definition) is 4. The van der Waals surface area contributed by atoms with Crippen LogP contribution in [0, 0.1) is 0 Å². The van der Waals surface area contributed by atoms with E-state index in [1.807, 2.05) is 36.4 Å². The van der Waals surface area contributed by atoms with Gasteiger partial charge in [0.2, 0.25) is 5.91 Å². The standard InChI is InChI=1S/C20H17N3O3/c1-3-15(24)21-14-6-4-5-13-16(14)20(25)17-18(22-23-19(13)17)11-7-9-12(26-2)10-8-11/h4-10H,3H2,1-2H3,(H,21,24)(H,22,23). The number of anilines is 1. The molecule has 2 N–H and O–H groups in total. The van der Waals surface area contributed by atoms with Gasteiger partial charge in [0.25, 0.3) is 0 Å². The molecule has 4 rings (SSSR count). The molecule has 0 bridgehead atoms. The summed E-state index contributed by atoms with van der Waals surface area (Å²) < 4.78 is 5.18. The van der Waals surface area contributed by atoms with Crippen molar-refractivity contribution in [2.24, 2.45) is 0 Å².